The molecule has 0 radical (unpaired) electrons. The van der Waals surface area contributed by atoms with E-state index >= 15 is 0 Å². The van der Waals surface area contributed by atoms with Gasteiger partial charge in [-0.15, -0.1) is 12.4 Å². The van der Waals surface area contributed by atoms with E-state index in [1.165, 1.54) is 38.5 Å². The number of nitrogens with two attached hydrogens (primary N) is 1. The van der Waals surface area contributed by atoms with Crippen LogP contribution in [0.2, 0.25) is 0 Å². The first-order valence-corrected chi connectivity index (χ1v) is 7.12. The minimum Gasteiger partial charge on any atom is -0.355 e. The number of hydrogen-bond donors (Lipinski definition) is 2. The molecule has 0 aromatic heterocycles. The highest BCUT2D eigenvalue weighted by Gasteiger charge is 2.49. The van der Waals surface area contributed by atoms with E-state index in [1.807, 2.05) is 0 Å². The minimum absolute atomic E-state index is 0. The monoisotopic (exact) mass is 272 g/mol. The van der Waals surface area contributed by atoms with Crippen LogP contribution in [0.5, 0.6) is 0 Å². The van der Waals surface area contributed by atoms with E-state index in [0.29, 0.717) is 17.3 Å². The molecule has 0 aliphatic heterocycles. The molecule has 4 heteroatoms. The Balaban J connectivity index is 0.00000120. The summed E-state index contributed by atoms with van der Waals surface area (Å²) in [6, 6.07) is 0.128. The smallest absolute Gasteiger partial charge is 0.224 e. The van der Waals surface area contributed by atoms with Crippen LogP contribution in [0.3, 0.4) is 0 Å². The molecule has 0 unspecified atom stereocenters. The van der Waals surface area contributed by atoms with Crippen LogP contribution >= 0.6 is 12.4 Å². The molecule has 2 bridgehead atoms. The van der Waals surface area contributed by atoms with Crippen molar-refractivity contribution in [3.8, 4) is 0 Å². The van der Waals surface area contributed by atoms with Crippen LogP contribution in [0, 0.1) is 23.2 Å². The van der Waals surface area contributed by atoms with Crippen LogP contribution < -0.4 is 11.1 Å². The summed E-state index contributed by atoms with van der Waals surface area (Å²) in [7, 11) is 0. The van der Waals surface area contributed by atoms with Crippen LogP contribution in [-0.4, -0.2) is 18.5 Å². The van der Waals surface area contributed by atoms with Crippen molar-refractivity contribution in [3.63, 3.8) is 0 Å². The van der Waals surface area contributed by atoms with Crippen LogP contribution in [0.1, 0.15) is 45.4 Å². The van der Waals surface area contributed by atoms with Crippen molar-refractivity contribution in [2.45, 2.75) is 51.5 Å². The summed E-state index contributed by atoms with van der Waals surface area (Å²) < 4.78 is 0. The summed E-state index contributed by atoms with van der Waals surface area (Å²) in [5, 5.41) is 3.16. The summed E-state index contributed by atoms with van der Waals surface area (Å²) in [5.74, 6) is 1.54. The van der Waals surface area contributed by atoms with Crippen molar-refractivity contribution < 1.29 is 4.79 Å². The van der Waals surface area contributed by atoms with Crippen molar-refractivity contribution in [1.29, 1.82) is 0 Å². The number of amides is 1. The highest BCUT2D eigenvalue weighted by molar-refractivity contribution is 5.85. The van der Waals surface area contributed by atoms with Gasteiger partial charge < -0.3 is 11.1 Å². The maximum atomic E-state index is 12.2. The molecule has 3 nitrogen and oxygen atoms in total. The minimum atomic E-state index is 0. The Hall–Kier alpha value is -0.280. The van der Waals surface area contributed by atoms with E-state index in [1.54, 1.807) is 0 Å². The highest BCUT2D eigenvalue weighted by Crippen LogP contribution is 2.47. The van der Waals surface area contributed by atoms with E-state index in [9.17, 15) is 4.79 Å². The van der Waals surface area contributed by atoms with Gasteiger partial charge in [-0.05, 0) is 49.4 Å². The lowest BCUT2D eigenvalue weighted by Gasteiger charge is -2.39. The van der Waals surface area contributed by atoms with Gasteiger partial charge in [0.2, 0.25) is 5.91 Å². The Labute approximate surface area is 116 Å². The normalized spacial score (nSPS) is 39.9. The van der Waals surface area contributed by atoms with Crippen molar-refractivity contribution in [2.75, 3.05) is 6.54 Å². The van der Waals surface area contributed by atoms with Crippen LogP contribution in [0.25, 0.3) is 0 Å². The molecule has 104 valence electrons. The summed E-state index contributed by atoms with van der Waals surface area (Å²) in [6.45, 7) is 3.13. The Morgan fingerprint density at radius 1 is 1.33 bits per heavy atom. The van der Waals surface area contributed by atoms with Gasteiger partial charge in [0.05, 0.1) is 5.92 Å². The third-order valence-corrected chi connectivity index (χ3v) is 5.53. The van der Waals surface area contributed by atoms with E-state index < -0.39 is 0 Å². The molecule has 3 saturated carbocycles. The Kier molecular flexibility index (Phi) is 3.93. The number of carbonyl (C=O) groups is 1. The van der Waals surface area contributed by atoms with Gasteiger partial charge in [-0.3, -0.25) is 4.79 Å². The first kappa shape index (κ1) is 14.1. The second-order valence-electron chi connectivity index (χ2n) is 6.82. The second-order valence-corrected chi connectivity index (χ2v) is 6.82. The maximum Gasteiger partial charge on any atom is 0.224 e. The van der Waals surface area contributed by atoms with E-state index in [0.717, 1.165) is 6.54 Å². The summed E-state index contributed by atoms with van der Waals surface area (Å²) >= 11 is 0. The molecule has 3 fully saturated rings. The molecule has 3 N–H and O–H groups in total. The number of hydrogen-bond acceptors (Lipinski definition) is 2. The Morgan fingerprint density at radius 2 is 2.00 bits per heavy atom. The predicted octanol–water partition coefficient (Wildman–Crippen LogP) is 2.09. The zero-order valence-electron chi connectivity index (χ0n) is 11.2. The Morgan fingerprint density at radius 3 is 2.50 bits per heavy atom. The summed E-state index contributed by atoms with van der Waals surface area (Å²) in [5.41, 5.74) is 6.56. The zero-order valence-corrected chi connectivity index (χ0v) is 12.0. The molecular formula is C14H25ClN2O. The fourth-order valence-electron chi connectivity index (χ4n) is 4.10. The van der Waals surface area contributed by atoms with Crippen LogP contribution in [0.4, 0.5) is 0 Å². The van der Waals surface area contributed by atoms with Crippen molar-refractivity contribution in [3.05, 3.63) is 0 Å². The molecule has 3 rings (SSSR count). The van der Waals surface area contributed by atoms with Gasteiger partial charge in [0.1, 0.15) is 0 Å². The first-order chi connectivity index (χ1) is 8.09. The third kappa shape index (κ3) is 2.27. The molecule has 0 aromatic carbocycles. The number of nitrogens with one attached hydrogen (secondary N) is 1. The van der Waals surface area contributed by atoms with Gasteiger partial charge in [-0.25, -0.2) is 0 Å². The van der Waals surface area contributed by atoms with Gasteiger partial charge in [0.15, 0.2) is 0 Å². The SMILES string of the molecule is CC1(CNC(=O)[C@H]2[C@H]3CC[C@H](C3)[C@H]2N)CCC1.Cl. The average molecular weight is 273 g/mol. The van der Waals surface area contributed by atoms with Crippen molar-refractivity contribution >= 4 is 18.3 Å². The topological polar surface area (TPSA) is 55.1 Å². The van der Waals surface area contributed by atoms with Gasteiger partial charge >= 0.3 is 0 Å². The number of halogens is 1. The van der Waals surface area contributed by atoms with Gasteiger partial charge in [0, 0.05) is 12.6 Å². The Bertz CT molecular complexity index is 328. The molecule has 0 spiro atoms. The maximum absolute atomic E-state index is 12.2. The molecule has 0 saturated heterocycles. The van der Waals surface area contributed by atoms with Gasteiger partial charge in [-0.2, -0.15) is 0 Å². The standard InChI is InChI=1S/C14H24N2O.ClH/c1-14(5-2-6-14)8-16-13(17)11-9-3-4-10(7-9)12(11)15;/h9-12H,2-8,15H2,1H3,(H,16,17);1H/t9-,10+,11-,12+;/m0./s1. The second kappa shape index (κ2) is 5.01. The van der Waals surface area contributed by atoms with Crippen LogP contribution in [-0.2, 0) is 4.79 Å². The number of fused-ring (bicyclic) bond motifs is 2. The van der Waals surface area contributed by atoms with Gasteiger partial charge in [0.25, 0.3) is 0 Å². The molecule has 18 heavy (non-hydrogen) atoms. The summed E-state index contributed by atoms with van der Waals surface area (Å²) in [4.78, 5) is 12.2. The average Bonchev–Trinajstić information content (AvgIpc) is 2.83. The zero-order chi connectivity index (χ0) is 12.0. The quantitative estimate of drug-likeness (QED) is 0.827. The lowest BCUT2D eigenvalue weighted by molar-refractivity contribution is -0.127. The summed E-state index contributed by atoms with van der Waals surface area (Å²) in [6.07, 6.45) is 7.49. The van der Waals surface area contributed by atoms with Crippen molar-refractivity contribution in [1.82, 2.24) is 5.32 Å². The number of carbonyl (C=O) groups excluding carboxylic acids is 1. The molecular weight excluding hydrogens is 248 g/mol. The first-order valence-electron chi connectivity index (χ1n) is 7.12. The fourth-order valence-corrected chi connectivity index (χ4v) is 4.10. The van der Waals surface area contributed by atoms with Gasteiger partial charge in [-0.1, -0.05) is 13.3 Å². The molecule has 0 heterocycles. The van der Waals surface area contributed by atoms with E-state index in [2.05, 4.69) is 12.2 Å². The highest BCUT2D eigenvalue weighted by atomic mass is 35.5. The predicted molar refractivity (Wildman–Crippen MR) is 74.5 cm³/mol. The molecule has 4 atom stereocenters. The molecule has 0 aromatic rings. The van der Waals surface area contributed by atoms with E-state index in [-0.39, 0.29) is 30.3 Å². The number of rotatable bonds is 3. The third-order valence-electron chi connectivity index (χ3n) is 5.53. The van der Waals surface area contributed by atoms with Crippen molar-refractivity contribution in [2.24, 2.45) is 28.9 Å². The lowest BCUT2D eigenvalue weighted by atomic mass is 9.70. The lowest BCUT2D eigenvalue weighted by Crippen LogP contribution is -2.48. The molecule has 3 aliphatic carbocycles. The molecule has 1 amide bonds. The fraction of sp³-hybridized carbons (Fsp3) is 0.929. The molecule has 3 aliphatic rings. The van der Waals surface area contributed by atoms with Crippen LogP contribution in [0.15, 0.2) is 0 Å². The van der Waals surface area contributed by atoms with E-state index in [4.69, 9.17) is 5.73 Å². The largest absolute Gasteiger partial charge is 0.355 e.